The summed E-state index contributed by atoms with van der Waals surface area (Å²) in [6.07, 6.45) is 7.60. The second-order valence-electron chi connectivity index (χ2n) is 9.73. The fourth-order valence-electron chi connectivity index (χ4n) is 4.41. The van der Waals surface area contributed by atoms with Crippen LogP contribution in [-0.2, 0) is 66.5 Å². The van der Waals surface area contributed by atoms with Gasteiger partial charge in [-0.2, -0.15) is 24.8 Å². The molecule has 6 heterocycles. The van der Waals surface area contributed by atoms with Gasteiger partial charge in [-0.1, -0.05) is 29.1 Å². The SMILES string of the molecule is Fc1c[c-]c(-c2cc(C(F)(F)F)ccn2)c(F)c1.[Ir].[Ir].[Ir].[c-]1ccccc1-c1ncn2ccncc12.[c-]1cscc1-c1cn2ccccc2n1. The number of nitrogens with zero attached hydrogens (tertiary/aromatic N) is 6. The maximum Gasteiger partial charge on any atom is 0.415 e. The molecule has 6 aromatic heterocycles. The molecule has 0 atom stereocenters. The van der Waals surface area contributed by atoms with E-state index in [1.54, 1.807) is 23.9 Å². The number of thiophene rings is 1. The van der Waals surface area contributed by atoms with Crippen LogP contribution in [0.15, 0.2) is 121 Å². The molecule has 0 spiro atoms. The second kappa shape index (κ2) is 18.4. The first-order valence-electron chi connectivity index (χ1n) is 13.8. The molecule has 0 bridgehead atoms. The molecule has 15 heteroatoms. The predicted octanol–water partition coefficient (Wildman–Crippen LogP) is 8.90. The van der Waals surface area contributed by atoms with Gasteiger partial charge in [-0.05, 0) is 35.8 Å². The van der Waals surface area contributed by atoms with Gasteiger partial charge in [0.2, 0.25) is 0 Å². The molecule has 0 fully saturated rings. The van der Waals surface area contributed by atoms with Gasteiger partial charge in [0.05, 0.1) is 6.33 Å². The Labute approximate surface area is 327 Å². The van der Waals surface area contributed by atoms with E-state index in [1.807, 2.05) is 81.4 Å². The van der Waals surface area contributed by atoms with Crippen molar-refractivity contribution in [3.63, 3.8) is 0 Å². The molecule has 50 heavy (non-hydrogen) atoms. The van der Waals surface area contributed by atoms with Crippen LogP contribution in [0.4, 0.5) is 22.0 Å². The Morgan fingerprint density at radius 3 is 2.30 bits per heavy atom. The number of aromatic nitrogens is 6. The van der Waals surface area contributed by atoms with Gasteiger partial charge in [-0.15, -0.1) is 53.4 Å². The van der Waals surface area contributed by atoms with Gasteiger partial charge in [0.1, 0.15) is 5.65 Å². The molecule has 0 aliphatic heterocycles. The summed E-state index contributed by atoms with van der Waals surface area (Å²) in [7, 11) is 0. The van der Waals surface area contributed by atoms with E-state index in [-0.39, 0.29) is 71.6 Å². The molecule has 6 nitrogen and oxygen atoms in total. The summed E-state index contributed by atoms with van der Waals surface area (Å²) >= 11 is 1.64. The van der Waals surface area contributed by atoms with Gasteiger partial charge in [-0.3, -0.25) is 23.7 Å². The van der Waals surface area contributed by atoms with Gasteiger partial charge in [-0.25, -0.2) is 11.3 Å². The number of hydrogen-bond donors (Lipinski definition) is 0. The van der Waals surface area contributed by atoms with E-state index in [0.29, 0.717) is 12.1 Å². The Balaban J connectivity index is 0.000000198. The molecule has 2 aromatic carbocycles. The Morgan fingerprint density at radius 1 is 0.780 bits per heavy atom. The zero-order valence-electron chi connectivity index (χ0n) is 25.0. The Bertz CT molecular complexity index is 2210. The molecule has 0 unspecified atom stereocenters. The molecule has 0 aliphatic carbocycles. The van der Waals surface area contributed by atoms with Crippen LogP contribution in [0.3, 0.4) is 0 Å². The van der Waals surface area contributed by atoms with E-state index < -0.39 is 23.4 Å². The third-order valence-corrected chi connectivity index (χ3v) is 7.24. The fraction of sp³-hybridized carbons (Fsp3) is 0.0286. The average molecular weight is 1230 g/mol. The van der Waals surface area contributed by atoms with Gasteiger partial charge >= 0.3 is 6.18 Å². The van der Waals surface area contributed by atoms with E-state index in [2.05, 4.69) is 43.5 Å². The summed E-state index contributed by atoms with van der Waals surface area (Å²) in [5.74, 6) is -1.87. The zero-order chi connectivity index (χ0) is 32.8. The number of fused-ring (bicyclic) bond motifs is 2. The van der Waals surface area contributed by atoms with E-state index in [1.165, 1.54) is 0 Å². The van der Waals surface area contributed by atoms with Gasteiger partial charge in [0.15, 0.2) is 0 Å². The monoisotopic (exact) mass is 1230 g/mol. The fourth-order valence-corrected chi connectivity index (χ4v) is 4.99. The molecular weight excluding hydrogens is 1210 g/mol. The van der Waals surface area contributed by atoms with Crippen molar-refractivity contribution in [1.29, 1.82) is 0 Å². The quantitative estimate of drug-likeness (QED) is 0.131. The summed E-state index contributed by atoms with van der Waals surface area (Å²) in [5, 5.41) is 4.00. The maximum atomic E-state index is 13.4. The van der Waals surface area contributed by atoms with Crippen molar-refractivity contribution < 1.29 is 82.3 Å². The normalized spacial score (nSPS) is 10.4. The van der Waals surface area contributed by atoms with Crippen molar-refractivity contribution in [2.75, 3.05) is 0 Å². The van der Waals surface area contributed by atoms with Gasteiger partial charge in [0, 0.05) is 120 Å². The number of alkyl halides is 3. The van der Waals surface area contributed by atoms with Crippen LogP contribution < -0.4 is 0 Å². The van der Waals surface area contributed by atoms with E-state index in [9.17, 15) is 22.0 Å². The van der Waals surface area contributed by atoms with Crippen molar-refractivity contribution in [1.82, 2.24) is 28.7 Å². The number of hydrogen-bond acceptors (Lipinski definition) is 5. The van der Waals surface area contributed by atoms with Gasteiger partial charge in [0.25, 0.3) is 0 Å². The first kappa shape index (κ1) is 40.6. The minimum atomic E-state index is -4.55. The number of imidazole rings is 2. The molecule has 0 saturated heterocycles. The van der Waals surface area contributed by atoms with Crippen molar-refractivity contribution in [3.8, 4) is 33.8 Å². The summed E-state index contributed by atoms with van der Waals surface area (Å²) in [6, 6.07) is 25.2. The third-order valence-electron chi connectivity index (χ3n) is 6.62. The number of rotatable bonds is 3. The van der Waals surface area contributed by atoms with Crippen LogP contribution >= 0.6 is 11.3 Å². The first-order chi connectivity index (χ1) is 22.8. The largest absolute Gasteiger partial charge is 0.415 e. The molecule has 0 N–H and O–H groups in total. The molecule has 0 saturated carbocycles. The molecule has 0 aliphatic rings. The topological polar surface area (TPSA) is 60.4 Å². The standard InChI is InChI=1S/C12H5F5N.C12H8N3.C11H7N2S.3Ir/c13-8-1-2-9(10(14)6-8)11-5-7(3-4-18-11)12(15,16)17;1-2-4-10(5-3-1)12-11-8-13-6-7-15(11)9-14-12;1-2-5-13-7-10(12-11(13)3-1)9-4-6-14-8-9;;;/h1,3-6H;1-4,6-9H;1-3,5-8H;;;/q3*-1;;;. The number of pyridine rings is 2. The van der Waals surface area contributed by atoms with Gasteiger partial charge < -0.3 is 13.8 Å². The predicted molar refractivity (Wildman–Crippen MR) is 168 cm³/mol. The first-order valence-corrected chi connectivity index (χ1v) is 14.7. The van der Waals surface area contributed by atoms with E-state index in [4.69, 9.17) is 0 Å². The van der Waals surface area contributed by atoms with E-state index in [0.717, 1.165) is 52.0 Å². The summed E-state index contributed by atoms with van der Waals surface area (Å²) in [6.45, 7) is 0. The molecule has 0 amide bonds. The zero-order valence-corrected chi connectivity index (χ0v) is 33.0. The van der Waals surface area contributed by atoms with Crippen molar-refractivity contribution in [2.24, 2.45) is 0 Å². The maximum absolute atomic E-state index is 13.4. The third kappa shape index (κ3) is 9.92. The number of benzene rings is 2. The molecular formula is C35H20F5Ir3N6S-3. The summed E-state index contributed by atoms with van der Waals surface area (Å²) in [5.41, 5.74) is 4.43. The Hall–Kier alpha value is -3.80. The van der Waals surface area contributed by atoms with Crippen LogP contribution in [0.5, 0.6) is 0 Å². The minimum absolute atomic E-state index is 0. The Kier molecular flexibility index (Phi) is 15.0. The van der Waals surface area contributed by atoms with Crippen molar-refractivity contribution in [3.05, 3.63) is 156 Å². The van der Waals surface area contributed by atoms with Crippen LogP contribution in [0.1, 0.15) is 5.56 Å². The Morgan fingerprint density at radius 2 is 1.60 bits per heavy atom. The summed E-state index contributed by atoms with van der Waals surface area (Å²) in [4.78, 5) is 16.6. The average Bonchev–Trinajstić information content (AvgIpc) is 3.86. The van der Waals surface area contributed by atoms with E-state index >= 15 is 0 Å². The smallest absolute Gasteiger partial charge is 0.320 e. The van der Waals surface area contributed by atoms with Crippen LogP contribution in [0.2, 0.25) is 0 Å². The molecule has 8 aromatic rings. The minimum Gasteiger partial charge on any atom is -0.320 e. The van der Waals surface area contributed by atoms with Crippen molar-refractivity contribution >= 4 is 22.5 Å². The van der Waals surface area contributed by atoms with Crippen molar-refractivity contribution in [2.45, 2.75) is 6.18 Å². The molecule has 8 rings (SSSR count). The summed E-state index contributed by atoms with van der Waals surface area (Å²) < 4.78 is 67.4. The number of halogens is 5. The molecule has 3 radical (unpaired) electrons. The van der Waals surface area contributed by atoms with Crippen LogP contribution in [-0.4, -0.2) is 28.7 Å². The van der Waals surface area contributed by atoms with Crippen LogP contribution in [0.25, 0.3) is 44.9 Å². The molecule has 261 valence electrons. The second-order valence-corrected chi connectivity index (χ2v) is 10.5. The van der Waals surface area contributed by atoms with Crippen LogP contribution in [0, 0.1) is 29.8 Å².